The molecule has 1 heterocycles. The number of anilines is 2. The minimum atomic E-state index is -1.01. The summed E-state index contributed by atoms with van der Waals surface area (Å²) >= 11 is 0. The number of ether oxygens (including phenoxy) is 4. The molecule has 5 rings (SSSR count). The molecule has 1 aliphatic carbocycles. The number of rotatable bonds is 18. The maximum Gasteiger partial charge on any atom is 0.414 e. The standard InChI is InChI=1S/C52H69N9O12/c1-50(2,3)71-47(67)58-39(13-12-28-55-46(59-48(68)72-51(4,5)6)60-49(69)73-52(7,8)9)44(65)54-27-11-10-26-53-42(63)33-18-21-36(22-19-33)56-43(64)34-16-14-32(15-17-34)30-61(37-23-24-37)45(66)35-20-25-38-40(29-35)70-31-41(62)57-38/h14-22,25,29,37,39H,10-13,23-24,26-28,30-31H2,1-9H3,(H,53,63)(H,54,65)(H,56,64)(H,57,62)(H,58,67)(H2,55,59,60,68,69)/t39-/m0/s1. The van der Waals surface area contributed by atoms with E-state index in [1.165, 1.54) is 0 Å². The van der Waals surface area contributed by atoms with Gasteiger partial charge in [-0.25, -0.2) is 14.4 Å². The molecule has 3 aromatic carbocycles. The van der Waals surface area contributed by atoms with Crippen LogP contribution in [0.3, 0.4) is 0 Å². The summed E-state index contributed by atoms with van der Waals surface area (Å²) in [4.78, 5) is 108. The van der Waals surface area contributed by atoms with E-state index in [0.29, 0.717) is 59.7 Å². The van der Waals surface area contributed by atoms with Crippen molar-refractivity contribution >= 4 is 65.1 Å². The summed E-state index contributed by atoms with van der Waals surface area (Å²) in [6.07, 6.45) is 0.684. The molecule has 8 amide bonds. The molecule has 21 nitrogen and oxygen atoms in total. The zero-order chi connectivity index (χ0) is 53.5. The summed E-state index contributed by atoms with van der Waals surface area (Å²) in [7, 11) is 0. The van der Waals surface area contributed by atoms with Gasteiger partial charge < -0.3 is 50.4 Å². The van der Waals surface area contributed by atoms with E-state index < -0.39 is 47.0 Å². The first-order valence-corrected chi connectivity index (χ1v) is 24.3. The van der Waals surface area contributed by atoms with E-state index in [-0.39, 0.29) is 68.2 Å². The SMILES string of the molecule is CC(C)(C)OC(=O)NC(=NCCC[C@H](NC(=O)OC(C)(C)C)C(=O)NCCCCNC(=O)c1ccc(NC(=O)c2ccc(CN(C(=O)c3ccc4c(c3)OCC(=O)N4)C3CC3)cc2)cc1)NC(=O)OC(C)(C)C. The Kier molecular flexibility index (Phi) is 19.3. The molecule has 0 bridgehead atoms. The van der Waals surface area contributed by atoms with Gasteiger partial charge in [0, 0.05) is 54.6 Å². The van der Waals surface area contributed by atoms with Crippen molar-refractivity contribution in [2.24, 2.45) is 4.99 Å². The van der Waals surface area contributed by atoms with Crippen molar-refractivity contribution in [1.29, 1.82) is 0 Å². The highest BCUT2D eigenvalue weighted by Gasteiger charge is 2.34. The van der Waals surface area contributed by atoms with Crippen LogP contribution in [0.1, 0.15) is 137 Å². The summed E-state index contributed by atoms with van der Waals surface area (Å²) in [5, 5.41) is 18.7. The van der Waals surface area contributed by atoms with Crippen LogP contribution in [-0.4, -0.2) is 114 Å². The van der Waals surface area contributed by atoms with Gasteiger partial charge in [0.25, 0.3) is 23.6 Å². The zero-order valence-corrected chi connectivity index (χ0v) is 43.1. The van der Waals surface area contributed by atoms with Gasteiger partial charge in [-0.2, -0.15) is 0 Å². The van der Waals surface area contributed by atoms with Crippen LogP contribution in [0.5, 0.6) is 5.75 Å². The quantitative estimate of drug-likeness (QED) is 0.0301. The van der Waals surface area contributed by atoms with Crippen molar-refractivity contribution in [3.05, 3.63) is 89.0 Å². The summed E-state index contributed by atoms with van der Waals surface area (Å²) < 4.78 is 21.4. The molecular formula is C52H69N9O12. The summed E-state index contributed by atoms with van der Waals surface area (Å²) in [6.45, 7) is 16.0. The summed E-state index contributed by atoms with van der Waals surface area (Å²) in [5.41, 5.74) is 0.662. The molecule has 0 spiro atoms. The fourth-order valence-corrected chi connectivity index (χ4v) is 7.00. The number of aliphatic imine (C=N–C) groups is 1. The molecule has 394 valence electrons. The molecule has 1 atom stereocenters. The van der Waals surface area contributed by atoms with Gasteiger partial charge in [0.2, 0.25) is 11.9 Å². The topological polar surface area (TPSA) is 273 Å². The molecular weight excluding hydrogens is 943 g/mol. The van der Waals surface area contributed by atoms with Crippen molar-refractivity contribution in [3.8, 4) is 5.75 Å². The largest absolute Gasteiger partial charge is 0.482 e. The van der Waals surface area contributed by atoms with Gasteiger partial charge in [-0.15, -0.1) is 0 Å². The van der Waals surface area contributed by atoms with E-state index in [1.807, 2.05) is 17.0 Å². The van der Waals surface area contributed by atoms with Crippen LogP contribution in [0.15, 0.2) is 71.7 Å². The van der Waals surface area contributed by atoms with E-state index in [0.717, 1.165) is 18.4 Å². The highest BCUT2D eigenvalue weighted by molar-refractivity contribution is 6.05. The number of alkyl carbamates (subject to hydrolysis) is 3. The second-order valence-electron chi connectivity index (χ2n) is 20.5. The number of hydrogen-bond acceptors (Lipinski definition) is 13. The lowest BCUT2D eigenvalue weighted by Crippen LogP contribution is -2.48. The van der Waals surface area contributed by atoms with E-state index in [4.69, 9.17) is 18.9 Å². The smallest absolute Gasteiger partial charge is 0.414 e. The summed E-state index contributed by atoms with van der Waals surface area (Å²) in [5.74, 6) is -1.30. The van der Waals surface area contributed by atoms with E-state index in [2.05, 4.69) is 42.2 Å². The van der Waals surface area contributed by atoms with Gasteiger partial charge in [0.15, 0.2) is 6.61 Å². The van der Waals surface area contributed by atoms with Crippen molar-refractivity contribution in [2.75, 3.05) is 36.9 Å². The molecule has 7 N–H and O–H groups in total. The number of nitrogens with one attached hydrogen (secondary N) is 7. The number of carbonyl (C=O) groups excluding carboxylic acids is 8. The molecule has 0 unspecified atom stereocenters. The number of benzene rings is 3. The first-order valence-electron chi connectivity index (χ1n) is 24.3. The number of hydrogen-bond donors (Lipinski definition) is 7. The van der Waals surface area contributed by atoms with E-state index in [9.17, 15) is 38.4 Å². The normalized spacial score (nSPS) is 13.5. The molecule has 0 radical (unpaired) electrons. The van der Waals surface area contributed by atoms with Gasteiger partial charge in [-0.3, -0.25) is 39.6 Å². The highest BCUT2D eigenvalue weighted by atomic mass is 16.6. The fraction of sp³-hybridized carbons (Fsp3) is 0.481. The van der Waals surface area contributed by atoms with Crippen LogP contribution >= 0.6 is 0 Å². The Morgan fingerprint density at radius 1 is 0.699 bits per heavy atom. The number of nitrogens with zero attached hydrogens (tertiary/aromatic N) is 2. The third-order valence-electron chi connectivity index (χ3n) is 10.4. The van der Waals surface area contributed by atoms with Crippen LogP contribution in [0.2, 0.25) is 0 Å². The Morgan fingerprint density at radius 3 is 1.84 bits per heavy atom. The van der Waals surface area contributed by atoms with E-state index in [1.54, 1.807) is 117 Å². The van der Waals surface area contributed by atoms with Gasteiger partial charge in [-0.1, -0.05) is 12.1 Å². The van der Waals surface area contributed by atoms with Crippen LogP contribution < -0.4 is 42.0 Å². The highest BCUT2D eigenvalue weighted by Crippen LogP contribution is 2.33. The Hall–Kier alpha value is -7.71. The Bertz CT molecular complexity index is 2470. The molecule has 73 heavy (non-hydrogen) atoms. The molecule has 1 aliphatic heterocycles. The maximum atomic E-state index is 13.6. The van der Waals surface area contributed by atoms with Crippen molar-refractivity contribution < 1.29 is 57.3 Å². The number of amides is 8. The predicted molar refractivity (Wildman–Crippen MR) is 272 cm³/mol. The molecule has 0 aromatic heterocycles. The minimum Gasteiger partial charge on any atom is -0.482 e. The number of carbonyl (C=O) groups is 8. The lowest BCUT2D eigenvalue weighted by atomic mass is 10.1. The second kappa shape index (κ2) is 25.1. The Morgan fingerprint density at radius 2 is 1.25 bits per heavy atom. The first-order chi connectivity index (χ1) is 34.3. The van der Waals surface area contributed by atoms with Crippen LogP contribution in [0, 0.1) is 0 Å². The molecule has 2 aliphatic rings. The third kappa shape index (κ3) is 19.8. The third-order valence-corrected chi connectivity index (χ3v) is 10.4. The van der Waals surface area contributed by atoms with Gasteiger partial charge in [0.1, 0.15) is 28.6 Å². The summed E-state index contributed by atoms with van der Waals surface area (Å²) in [6, 6.07) is 17.6. The number of unbranched alkanes of at least 4 members (excludes halogenated alkanes) is 1. The van der Waals surface area contributed by atoms with Crippen LogP contribution in [-0.2, 0) is 30.3 Å². The molecule has 1 fully saturated rings. The zero-order valence-electron chi connectivity index (χ0n) is 43.1. The van der Waals surface area contributed by atoms with Crippen molar-refractivity contribution in [1.82, 2.24) is 31.5 Å². The monoisotopic (exact) mass is 1010 g/mol. The van der Waals surface area contributed by atoms with Crippen molar-refractivity contribution in [3.63, 3.8) is 0 Å². The van der Waals surface area contributed by atoms with Gasteiger partial charge >= 0.3 is 18.3 Å². The molecule has 1 saturated carbocycles. The van der Waals surface area contributed by atoms with Crippen molar-refractivity contribution in [2.45, 2.75) is 136 Å². The molecule has 3 aromatic rings. The van der Waals surface area contributed by atoms with Gasteiger partial charge in [0.05, 0.1) is 5.69 Å². The minimum absolute atomic E-state index is 0.0271. The molecule has 21 heteroatoms. The Labute approximate surface area is 425 Å². The second-order valence-corrected chi connectivity index (χ2v) is 20.5. The average Bonchev–Trinajstić information content (AvgIpc) is 4.14. The fourth-order valence-electron chi connectivity index (χ4n) is 7.00. The van der Waals surface area contributed by atoms with E-state index >= 15 is 0 Å². The lowest BCUT2D eigenvalue weighted by Gasteiger charge is -2.24. The van der Waals surface area contributed by atoms with Crippen LogP contribution in [0.25, 0.3) is 0 Å². The lowest BCUT2D eigenvalue weighted by molar-refractivity contribution is -0.123. The first kappa shape index (κ1) is 56.2. The van der Waals surface area contributed by atoms with Crippen LogP contribution in [0.4, 0.5) is 25.8 Å². The molecule has 0 saturated heterocycles. The van der Waals surface area contributed by atoms with Gasteiger partial charge in [-0.05, 0) is 161 Å². The maximum absolute atomic E-state index is 13.6. The Balaban J connectivity index is 1.05. The number of fused-ring (bicyclic) bond motifs is 1. The average molecular weight is 1010 g/mol. The number of guanidine groups is 1. The predicted octanol–water partition coefficient (Wildman–Crippen LogP) is 6.78.